The van der Waals surface area contributed by atoms with Crippen molar-refractivity contribution in [2.75, 3.05) is 13.1 Å². The van der Waals surface area contributed by atoms with E-state index in [9.17, 15) is 13.2 Å². The van der Waals surface area contributed by atoms with Crippen molar-refractivity contribution < 1.29 is 13.2 Å². The molecule has 0 aromatic heterocycles. The van der Waals surface area contributed by atoms with Gasteiger partial charge in [-0.05, 0) is 38.3 Å². The quantitative estimate of drug-likeness (QED) is 0.851. The first-order valence-electron chi connectivity index (χ1n) is 8.29. The molecule has 1 aromatic carbocycles. The van der Waals surface area contributed by atoms with Gasteiger partial charge in [0.15, 0.2) is 0 Å². The summed E-state index contributed by atoms with van der Waals surface area (Å²) in [6.07, 6.45) is 0.572. The van der Waals surface area contributed by atoms with E-state index in [1.807, 2.05) is 27.7 Å². The molecule has 0 radical (unpaired) electrons. The zero-order chi connectivity index (χ0) is 17.9. The number of benzene rings is 1. The van der Waals surface area contributed by atoms with E-state index in [4.69, 9.17) is 0 Å². The fourth-order valence-electron chi connectivity index (χ4n) is 2.79. The SMILES string of the molecule is CCN(CC)C(=O)[C@@H](CC(C)C)N=C1NS(=O)(=O)c2ccccc21. The Morgan fingerprint density at radius 1 is 1.21 bits per heavy atom. The van der Waals surface area contributed by atoms with E-state index in [-0.39, 0.29) is 22.6 Å². The second-order valence-electron chi connectivity index (χ2n) is 6.24. The Labute approximate surface area is 144 Å². The normalized spacial score (nSPS) is 18.3. The number of hydrogen-bond donors (Lipinski definition) is 1. The van der Waals surface area contributed by atoms with E-state index >= 15 is 0 Å². The van der Waals surface area contributed by atoms with E-state index in [1.54, 1.807) is 29.2 Å². The lowest BCUT2D eigenvalue weighted by molar-refractivity contribution is -0.132. The average molecular weight is 351 g/mol. The van der Waals surface area contributed by atoms with E-state index in [0.29, 0.717) is 25.1 Å². The van der Waals surface area contributed by atoms with Crippen LogP contribution in [-0.4, -0.2) is 44.2 Å². The van der Waals surface area contributed by atoms with Crippen molar-refractivity contribution in [3.05, 3.63) is 29.8 Å². The van der Waals surface area contributed by atoms with E-state index in [1.165, 1.54) is 0 Å². The summed E-state index contributed by atoms with van der Waals surface area (Å²) in [6, 6.07) is 6.10. The largest absolute Gasteiger partial charge is 0.341 e. The van der Waals surface area contributed by atoms with Crippen molar-refractivity contribution in [3.63, 3.8) is 0 Å². The van der Waals surface area contributed by atoms with Gasteiger partial charge in [-0.15, -0.1) is 0 Å². The van der Waals surface area contributed by atoms with Crippen LogP contribution < -0.4 is 4.72 Å². The highest BCUT2D eigenvalue weighted by molar-refractivity contribution is 7.90. The standard InChI is InChI=1S/C17H25N3O3S/c1-5-20(6-2)17(21)14(11-12(3)4)18-16-13-9-7-8-10-15(13)24(22,23)19-16/h7-10,12,14H,5-6,11H2,1-4H3,(H,18,19)/t14-/m1/s1. The monoisotopic (exact) mass is 351 g/mol. The zero-order valence-electron chi connectivity index (χ0n) is 14.6. The Balaban J connectivity index is 2.42. The number of fused-ring (bicyclic) bond motifs is 1. The molecule has 2 rings (SSSR count). The van der Waals surface area contributed by atoms with Crippen LogP contribution in [0.2, 0.25) is 0 Å². The van der Waals surface area contributed by atoms with Gasteiger partial charge in [0.1, 0.15) is 11.9 Å². The molecule has 1 amide bonds. The molecule has 1 aliphatic rings. The molecule has 6 nitrogen and oxygen atoms in total. The summed E-state index contributed by atoms with van der Waals surface area (Å²) in [4.78, 5) is 19.2. The highest BCUT2D eigenvalue weighted by Gasteiger charge is 2.32. The third-order valence-electron chi connectivity index (χ3n) is 4.00. The van der Waals surface area contributed by atoms with Gasteiger partial charge >= 0.3 is 0 Å². The maximum Gasteiger partial charge on any atom is 0.263 e. The molecule has 7 heteroatoms. The topological polar surface area (TPSA) is 78.8 Å². The second-order valence-corrected chi connectivity index (χ2v) is 7.89. The van der Waals surface area contributed by atoms with Crippen LogP contribution in [0.25, 0.3) is 0 Å². The van der Waals surface area contributed by atoms with Crippen molar-refractivity contribution >= 4 is 21.8 Å². The van der Waals surface area contributed by atoms with Gasteiger partial charge in [0.25, 0.3) is 10.0 Å². The summed E-state index contributed by atoms with van der Waals surface area (Å²) in [7, 11) is -3.59. The van der Waals surface area contributed by atoms with Crippen LogP contribution in [0.4, 0.5) is 0 Å². The lowest BCUT2D eigenvalue weighted by atomic mass is 10.0. The number of carbonyl (C=O) groups is 1. The highest BCUT2D eigenvalue weighted by Crippen LogP contribution is 2.23. The van der Waals surface area contributed by atoms with Gasteiger partial charge in [-0.1, -0.05) is 26.0 Å². The van der Waals surface area contributed by atoms with Gasteiger partial charge in [0.2, 0.25) is 5.91 Å². The number of hydrogen-bond acceptors (Lipinski definition) is 4. The number of nitrogens with one attached hydrogen (secondary N) is 1. The van der Waals surface area contributed by atoms with Crippen molar-refractivity contribution in [2.45, 2.75) is 45.1 Å². The van der Waals surface area contributed by atoms with E-state index in [2.05, 4.69) is 9.71 Å². The van der Waals surface area contributed by atoms with Crippen LogP contribution in [0.15, 0.2) is 34.2 Å². The van der Waals surface area contributed by atoms with Crippen LogP contribution >= 0.6 is 0 Å². The van der Waals surface area contributed by atoms with Crippen LogP contribution in [0.1, 0.15) is 39.7 Å². The number of amidine groups is 1. The Hall–Kier alpha value is -1.89. The first-order valence-corrected chi connectivity index (χ1v) is 9.77. The number of sulfonamides is 1. The lowest BCUT2D eigenvalue weighted by Crippen LogP contribution is -2.40. The molecule has 0 unspecified atom stereocenters. The van der Waals surface area contributed by atoms with Gasteiger partial charge in [-0.25, -0.2) is 8.42 Å². The van der Waals surface area contributed by atoms with Crippen LogP contribution in [-0.2, 0) is 14.8 Å². The number of nitrogens with zero attached hydrogens (tertiary/aromatic N) is 2. The van der Waals surface area contributed by atoms with Gasteiger partial charge < -0.3 is 4.90 Å². The number of amides is 1. The molecule has 0 saturated heterocycles. The summed E-state index contributed by atoms with van der Waals surface area (Å²) in [5, 5.41) is 0. The molecule has 0 saturated carbocycles. The number of carbonyl (C=O) groups excluding carboxylic acids is 1. The fourth-order valence-corrected chi connectivity index (χ4v) is 4.03. The molecule has 1 heterocycles. The molecular formula is C17H25N3O3S. The molecule has 0 spiro atoms. The molecule has 1 atom stereocenters. The first-order chi connectivity index (χ1) is 11.3. The molecule has 0 bridgehead atoms. The van der Waals surface area contributed by atoms with Crippen molar-refractivity contribution in [1.82, 2.24) is 9.62 Å². The van der Waals surface area contributed by atoms with E-state index < -0.39 is 16.1 Å². The number of aliphatic imine (C=N–C) groups is 1. The predicted molar refractivity (Wildman–Crippen MR) is 94.5 cm³/mol. The maximum absolute atomic E-state index is 12.7. The second kappa shape index (κ2) is 7.34. The molecule has 1 aliphatic heterocycles. The molecule has 0 fully saturated rings. The Kier molecular flexibility index (Phi) is 5.64. The Morgan fingerprint density at radius 3 is 2.42 bits per heavy atom. The smallest absolute Gasteiger partial charge is 0.263 e. The Bertz CT molecular complexity index is 737. The Morgan fingerprint density at radius 2 is 1.83 bits per heavy atom. The van der Waals surface area contributed by atoms with Crippen LogP contribution in [0.3, 0.4) is 0 Å². The van der Waals surface area contributed by atoms with E-state index in [0.717, 1.165) is 0 Å². The van der Waals surface area contributed by atoms with Gasteiger partial charge in [-0.3, -0.25) is 14.5 Å². The average Bonchev–Trinajstić information content (AvgIpc) is 2.79. The molecule has 1 aromatic rings. The number of likely N-dealkylation sites (N-methyl/N-ethyl adjacent to an activating group) is 1. The van der Waals surface area contributed by atoms with Gasteiger partial charge in [-0.2, -0.15) is 0 Å². The summed E-state index contributed by atoms with van der Waals surface area (Å²) >= 11 is 0. The third kappa shape index (κ3) is 3.77. The molecule has 132 valence electrons. The third-order valence-corrected chi connectivity index (χ3v) is 5.40. The molecule has 24 heavy (non-hydrogen) atoms. The maximum atomic E-state index is 12.7. The van der Waals surface area contributed by atoms with Gasteiger partial charge in [0, 0.05) is 18.7 Å². The van der Waals surface area contributed by atoms with Crippen molar-refractivity contribution in [1.29, 1.82) is 0 Å². The minimum absolute atomic E-state index is 0.0650. The minimum Gasteiger partial charge on any atom is -0.341 e. The predicted octanol–water partition coefficient (Wildman–Crippen LogP) is 2.01. The summed E-state index contributed by atoms with van der Waals surface area (Å²) < 4.78 is 26.9. The zero-order valence-corrected chi connectivity index (χ0v) is 15.4. The summed E-state index contributed by atoms with van der Waals surface area (Å²) in [5.41, 5.74) is 0.526. The van der Waals surface area contributed by atoms with Crippen molar-refractivity contribution in [2.24, 2.45) is 10.9 Å². The first kappa shape index (κ1) is 18.4. The van der Waals surface area contributed by atoms with Gasteiger partial charge in [0.05, 0.1) is 4.90 Å². The summed E-state index contributed by atoms with van der Waals surface area (Å²) in [5.74, 6) is 0.466. The minimum atomic E-state index is -3.59. The fraction of sp³-hybridized carbons (Fsp3) is 0.529. The highest BCUT2D eigenvalue weighted by atomic mass is 32.2. The van der Waals surface area contributed by atoms with Crippen LogP contribution in [0, 0.1) is 5.92 Å². The summed E-state index contributed by atoms with van der Waals surface area (Å²) in [6.45, 7) is 9.11. The lowest BCUT2D eigenvalue weighted by Gasteiger charge is -2.24. The molecular weight excluding hydrogens is 326 g/mol. The van der Waals surface area contributed by atoms with Crippen LogP contribution in [0.5, 0.6) is 0 Å². The number of rotatable bonds is 6. The molecule has 0 aliphatic carbocycles. The molecule has 1 N–H and O–H groups in total. The van der Waals surface area contributed by atoms with Crippen molar-refractivity contribution in [3.8, 4) is 0 Å².